The zero-order chi connectivity index (χ0) is 16.8. The van der Waals surface area contributed by atoms with Gasteiger partial charge in [0.05, 0.1) is 16.3 Å². The van der Waals surface area contributed by atoms with Crippen molar-refractivity contribution in [3.05, 3.63) is 106 Å². The van der Waals surface area contributed by atoms with E-state index in [1.807, 2.05) is 66.7 Å². The van der Waals surface area contributed by atoms with Crippen LogP contribution in [0.25, 0.3) is 0 Å². The molecule has 0 saturated heterocycles. The van der Waals surface area contributed by atoms with Gasteiger partial charge in [-0.1, -0.05) is 89.9 Å². The third-order valence-electron chi connectivity index (χ3n) is 3.40. The van der Waals surface area contributed by atoms with Crippen LogP contribution in [0.5, 0.6) is 0 Å². The molecule has 3 rings (SSSR count). The molecule has 0 N–H and O–H groups in total. The molecule has 118 valence electrons. The van der Waals surface area contributed by atoms with Crippen LogP contribution in [0.4, 0.5) is 0 Å². The summed E-state index contributed by atoms with van der Waals surface area (Å²) in [5, 5.41) is 9.66. The molecule has 0 aliphatic rings. The van der Waals surface area contributed by atoms with E-state index in [4.69, 9.17) is 23.2 Å². The first-order chi connectivity index (χ1) is 11.7. The Kier molecular flexibility index (Phi) is 5.42. The van der Waals surface area contributed by atoms with Gasteiger partial charge in [-0.15, -0.1) is 5.10 Å². The largest absolute Gasteiger partial charge is 0.158 e. The predicted molar refractivity (Wildman–Crippen MR) is 103 cm³/mol. The highest BCUT2D eigenvalue weighted by molar-refractivity contribution is 6.42. The zero-order valence-electron chi connectivity index (χ0n) is 12.7. The molecule has 3 aromatic carbocycles. The molecule has 0 aliphatic carbocycles. The van der Waals surface area contributed by atoms with Gasteiger partial charge in [-0.25, -0.2) is 0 Å². The summed E-state index contributed by atoms with van der Waals surface area (Å²) in [6.07, 6.45) is 1.66. The molecule has 0 bridgehead atoms. The molecule has 0 radical (unpaired) electrons. The van der Waals surface area contributed by atoms with Crippen molar-refractivity contribution in [3.8, 4) is 0 Å². The molecule has 0 heterocycles. The van der Waals surface area contributed by atoms with E-state index in [1.54, 1.807) is 18.3 Å². The summed E-state index contributed by atoms with van der Waals surface area (Å²) in [5.74, 6) is 0. The molecule has 0 aliphatic heterocycles. The maximum Gasteiger partial charge on any atom is 0.100 e. The smallest absolute Gasteiger partial charge is 0.100 e. The molecular weight excluding hydrogens is 339 g/mol. The Hall–Kier alpha value is -2.42. The monoisotopic (exact) mass is 352 g/mol. The van der Waals surface area contributed by atoms with Crippen LogP contribution in [0.1, 0.15) is 16.7 Å². The van der Waals surface area contributed by atoms with E-state index in [9.17, 15) is 0 Å². The van der Waals surface area contributed by atoms with Gasteiger partial charge in [0.2, 0.25) is 0 Å². The minimum Gasteiger partial charge on any atom is -0.158 e. The minimum absolute atomic E-state index is 0.496. The van der Waals surface area contributed by atoms with Gasteiger partial charge in [0, 0.05) is 11.1 Å². The average Bonchev–Trinajstić information content (AvgIpc) is 2.63. The summed E-state index contributed by atoms with van der Waals surface area (Å²) in [4.78, 5) is 0. The van der Waals surface area contributed by atoms with Crippen LogP contribution in [-0.4, -0.2) is 11.9 Å². The predicted octanol–water partition coefficient (Wildman–Crippen LogP) is 5.86. The van der Waals surface area contributed by atoms with Crippen molar-refractivity contribution in [2.45, 2.75) is 0 Å². The molecule has 0 saturated carbocycles. The lowest BCUT2D eigenvalue weighted by Crippen LogP contribution is -2.02. The molecule has 2 nitrogen and oxygen atoms in total. The number of rotatable bonds is 4. The van der Waals surface area contributed by atoms with Gasteiger partial charge in [-0.3, -0.25) is 0 Å². The third kappa shape index (κ3) is 4.10. The topological polar surface area (TPSA) is 24.7 Å². The van der Waals surface area contributed by atoms with E-state index in [2.05, 4.69) is 10.2 Å². The lowest BCUT2D eigenvalue weighted by Gasteiger charge is -2.05. The van der Waals surface area contributed by atoms with Crippen LogP contribution in [0.2, 0.25) is 10.0 Å². The summed E-state index contributed by atoms with van der Waals surface area (Å²) in [6.45, 7) is 0. The first-order valence-electron chi connectivity index (χ1n) is 7.41. The Morgan fingerprint density at radius 1 is 0.708 bits per heavy atom. The van der Waals surface area contributed by atoms with Gasteiger partial charge >= 0.3 is 0 Å². The van der Waals surface area contributed by atoms with Crippen molar-refractivity contribution in [2.75, 3.05) is 0 Å². The normalized spacial score (nSPS) is 10.8. The van der Waals surface area contributed by atoms with Crippen LogP contribution in [0.3, 0.4) is 0 Å². The van der Waals surface area contributed by atoms with E-state index in [1.165, 1.54) is 0 Å². The van der Waals surface area contributed by atoms with Crippen molar-refractivity contribution >= 4 is 35.1 Å². The SMILES string of the molecule is Clc1ccc(/C=N\N=C(c2ccccc2)c2ccccc2)cc1Cl. The standard InChI is InChI=1S/C20H14Cl2N2/c21-18-12-11-15(13-19(18)22)14-23-24-20(16-7-3-1-4-8-16)17-9-5-2-6-10-17/h1-14H/b23-14-. The van der Waals surface area contributed by atoms with E-state index < -0.39 is 0 Å². The third-order valence-corrected chi connectivity index (χ3v) is 4.14. The molecule has 0 fully saturated rings. The first-order valence-corrected chi connectivity index (χ1v) is 8.16. The van der Waals surface area contributed by atoms with Crippen LogP contribution >= 0.6 is 23.2 Å². The quantitative estimate of drug-likeness (QED) is 0.414. The molecule has 24 heavy (non-hydrogen) atoms. The van der Waals surface area contributed by atoms with Crippen molar-refractivity contribution in [3.63, 3.8) is 0 Å². The van der Waals surface area contributed by atoms with Crippen LogP contribution in [0, 0.1) is 0 Å². The number of benzene rings is 3. The van der Waals surface area contributed by atoms with Crippen LogP contribution in [-0.2, 0) is 0 Å². The lowest BCUT2D eigenvalue weighted by molar-refractivity contribution is 1.24. The Morgan fingerprint density at radius 2 is 1.29 bits per heavy atom. The second kappa shape index (κ2) is 7.91. The Bertz CT molecular complexity index is 831. The summed E-state index contributed by atoms with van der Waals surface area (Å²) < 4.78 is 0. The molecule has 3 aromatic rings. The van der Waals surface area contributed by atoms with E-state index in [0.29, 0.717) is 10.0 Å². The molecular formula is C20H14Cl2N2. The maximum absolute atomic E-state index is 6.02. The molecule has 4 heteroatoms. The van der Waals surface area contributed by atoms with Gasteiger partial charge in [-0.2, -0.15) is 5.10 Å². The summed E-state index contributed by atoms with van der Waals surface area (Å²) in [5.41, 5.74) is 3.67. The fourth-order valence-electron chi connectivity index (χ4n) is 2.22. The second-order valence-corrected chi connectivity index (χ2v) is 5.91. The Morgan fingerprint density at radius 3 is 1.83 bits per heavy atom. The highest BCUT2D eigenvalue weighted by Crippen LogP contribution is 2.21. The van der Waals surface area contributed by atoms with E-state index >= 15 is 0 Å². The van der Waals surface area contributed by atoms with Crippen molar-refractivity contribution in [1.82, 2.24) is 0 Å². The van der Waals surface area contributed by atoms with Gasteiger partial charge in [0.25, 0.3) is 0 Å². The summed E-state index contributed by atoms with van der Waals surface area (Å²) in [7, 11) is 0. The lowest BCUT2D eigenvalue weighted by atomic mass is 10.0. The van der Waals surface area contributed by atoms with Crippen molar-refractivity contribution in [2.24, 2.45) is 10.2 Å². The van der Waals surface area contributed by atoms with Gasteiger partial charge in [0.1, 0.15) is 5.71 Å². The maximum atomic E-state index is 6.02. The van der Waals surface area contributed by atoms with Gasteiger partial charge < -0.3 is 0 Å². The fourth-order valence-corrected chi connectivity index (χ4v) is 2.53. The van der Waals surface area contributed by atoms with E-state index in [-0.39, 0.29) is 0 Å². The molecule has 0 unspecified atom stereocenters. The number of hydrogen-bond donors (Lipinski definition) is 0. The molecule has 0 amide bonds. The fraction of sp³-hybridized carbons (Fsp3) is 0. The van der Waals surface area contributed by atoms with Crippen LogP contribution in [0.15, 0.2) is 89.1 Å². The Balaban J connectivity index is 1.95. The van der Waals surface area contributed by atoms with Gasteiger partial charge in [0.15, 0.2) is 0 Å². The molecule has 0 atom stereocenters. The number of halogens is 2. The zero-order valence-corrected chi connectivity index (χ0v) is 14.2. The summed E-state index contributed by atoms with van der Waals surface area (Å²) >= 11 is 11.9. The van der Waals surface area contributed by atoms with E-state index in [0.717, 1.165) is 22.4 Å². The minimum atomic E-state index is 0.496. The second-order valence-electron chi connectivity index (χ2n) is 5.10. The summed E-state index contributed by atoms with van der Waals surface area (Å²) in [6, 6.07) is 25.3. The number of nitrogens with zero attached hydrogens (tertiary/aromatic N) is 2. The average molecular weight is 353 g/mol. The highest BCUT2D eigenvalue weighted by Gasteiger charge is 2.05. The molecule has 0 aromatic heterocycles. The van der Waals surface area contributed by atoms with Crippen molar-refractivity contribution < 1.29 is 0 Å². The first kappa shape index (κ1) is 16.4. The Labute approximate surface area is 151 Å². The molecule has 0 spiro atoms. The number of hydrogen-bond acceptors (Lipinski definition) is 2. The van der Waals surface area contributed by atoms with Crippen LogP contribution < -0.4 is 0 Å². The highest BCUT2D eigenvalue weighted by atomic mass is 35.5. The van der Waals surface area contributed by atoms with Crippen molar-refractivity contribution in [1.29, 1.82) is 0 Å². The van der Waals surface area contributed by atoms with Gasteiger partial charge in [-0.05, 0) is 17.7 Å².